The molecule has 4 nitrogen and oxygen atoms in total. The summed E-state index contributed by atoms with van der Waals surface area (Å²) in [5.74, 6) is -0.675. The molecular weight excluding hydrogens is 283 g/mol. The summed E-state index contributed by atoms with van der Waals surface area (Å²) < 4.78 is 37.9. The molecule has 0 fully saturated rings. The molecular formula is C14H20F3N3O. The summed E-state index contributed by atoms with van der Waals surface area (Å²) in [6.07, 6.45) is -3.11. The number of nitrogens with zero attached hydrogens (tertiary/aromatic N) is 2. The molecule has 1 aromatic rings. The van der Waals surface area contributed by atoms with Crippen molar-refractivity contribution in [3.8, 4) is 0 Å². The Labute approximate surface area is 122 Å². The number of alkyl halides is 3. The number of carbonyl (C=O) groups is 1. The Kier molecular flexibility index (Phi) is 5.57. The summed E-state index contributed by atoms with van der Waals surface area (Å²) >= 11 is 0. The molecule has 0 aliphatic rings. The van der Waals surface area contributed by atoms with E-state index in [4.69, 9.17) is 0 Å². The number of hydrogen-bond donors (Lipinski definition) is 1. The lowest BCUT2D eigenvalue weighted by atomic mass is 10.1. The fourth-order valence-corrected chi connectivity index (χ4v) is 1.90. The highest BCUT2D eigenvalue weighted by Gasteiger charge is 2.35. The number of pyridine rings is 1. The summed E-state index contributed by atoms with van der Waals surface area (Å²) in [5.41, 5.74) is 1.35. The smallest absolute Gasteiger partial charge is 0.385 e. The molecule has 0 radical (unpaired) electrons. The van der Waals surface area contributed by atoms with E-state index in [1.165, 1.54) is 6.20 Å². The van der Waals surface area contributed by atoms with E-state index in [-0.39, 0.29) is 5.56 Å². The van der Waals surface area contributed by atoms with Gasteiger partial charge in [-0.15, -0.1) is 0 Å². The van der Waals surface area contributed by atoms with Gasteiger partial charge in [-0.25, -0.2) is 0 Å². The zero-order valence-corrected chi connectivity index (χ0v) is 12.6. The highest BCUT2D eigenvalue weighted by atomic mass is 19.4. The molecule has 0 unspecified atom stereocenters. The molecule has 0 aliphatic carbocycles. The van der Waals surface area contributed by atoms with Crippen LogP contribution in [0.25, 0.3) is 0 Å². The Bertz CT molecular complexity index is 501. The van der Waals surface area contributed by atoms with E-state index in [2.05, 4.69) is 10.3 Å². The first kappa shape index (κ1) is 17.3. The molecule has 1 N–H and O–H groups in total. The molecule has 0 aromatic carbocycles. The van der Waals surface area contributed by atoms with E-state index in [1.807, 2.05) is 6.92 Å². The average molecular weight is 303 g/mol. The largest absolute Gasteiger partial charge is 0.406 e. The second-order valence-electron chi connectivity index (χ2n) is 5.04. The summed E-state index contributed by atoms with van der Waals surface area (Å²) in [7, 11) is 0. The first-order valence-corrected chi connectivity index (χ1v) is 6.74. The molecule has 0 saturated heterocycles. The van der Waals surface area contributed by atoms with Crippen LogP contribution >= 0.6 is 0 Å². The maximum atomic E-state index is 12.6. The molecule has 1 amide bonds. The van der Waals surface area contributed by atoms with E-state index < -0.39 is 24.7 Å². The summed E-state index contributed by atoms with van der Waals surface area (Å²) in [5, 5.41) is 2.99. The van der Waals surface area contributed by atoms with Gasteiger partial charge in [-0.1, -0.05) is 0 Å². The molecule has 1 heterocycles. The Morgan fingerprint density at radius 2 is 2.05 bits per heavy atom. The fraction of sp³-hybridized carbons (Fsp3) is 0.571. The minimum absolute atomic E-state index is 0.153. The number of hydrogen-bond acceptors (Lipinski definition) is 3. The summed E-state index contributed by atoms with van der Waals surface area (Å²) in [4.78, 5) is 17.2. The molecule has 118 valence electrons. The van der Waals surface area contributed by atoms with Crippen LogP contribution in [0.15, 0.2) is 12.3 Å². The van der Waals surface area contributed by atoms with Crippen LogP contribution in [-0.2, 0) is 0 Å². The standard InChI is InChI=1S/C14H20F3N3O/c1-5-18-12-6-10(4)19-7-11(12)13(21)20(9(2)3)8-14(15,16)17/h6-7,9H,5,8H2,1-4H3,(H,18,19). The number of halogens is 3. The Balaban J connectivity index is 3.14. The molecule has 1 rings (SSSR count). The molecule has 0 spiro atoms. The van der Waals surface area contributed by atoms with Crippen molar-refractivity contribution in [2.45, 2.75) is 39.9 Å². The summed E-state index contributed by atoms with van der Waals surface area (Å²) in [6, 6.07) is 1.10. The van der Waals surface area contributed by atoms with E-state index >= 15 is 0 Å². The number of aryl methyl sites for hydroxylation is 1. The predicted octanol–water partition coefficient (Wildman–Crippen LogP) is 3.23. The first-order chi connectivity index (χ1) is 9.65. The van der Waals surface area contributed by atoms with Gasteiger partial charge >= 0.3 is 6.18 Å². The van der Waals surface area contributed by atoms with Crippen LogP contribution in [-0.4, -0.2) is 41.1 Å². The van der Waals surface area contributed by atoms with Crippen LogP contribution in [0.5, 0.6) is 0 Å². The van der Waals surface area contributed by atoms with Crippen LogP contribution in [0, 0.1) is 6.92 Å². The van der Waals surface area contributed by atoms with Crippen molar-refractivity contribution < 1.29 is 18.0 Å². The predicted molar refractivity (Wildman–Crippen MR) is 75.4 cm³/mol. The van der Waals surface area contributed by atoms with E-state index in [1.54, 1.807) is 26.8 Å². The van der Waals surface area contributed by atoms with E-state index in [9.17, 15) is 18.0 Å². The van der Waals surface area contributed by atoms with Gasteiger partial charge in [0.1, 0.15) is 6.54 Å². The quantitative estimate of drug-likeness (QED) is 0.908. The number of amides is 1. The number of rotatable bonds is 5. The third-order valence-electron chi connectivity index (χ3n) is 2.87. The number of carbonyl (C=O) groups excluding carboxylic acids is 1. The van der Waals surface area contributed by atoms with Crippen molar-refractivity contribution in [1.29, 1.82) is 0 Å². The topological polar surface area (TPSA) is 45.2 Å². The van der Waals surface area contributed by atoms with Crippen LogP contribution in [0.2, 0.25) is 0 Å². The van der Waals surface area contributed by atoms with Gasteiger partial charge in [-0.05, 0) is 33.8 Å². The van der Waals surface area contributed by atoms with Crippen molar-refractivity contribution in [3.05, 3.63) is 23.5 Å². The number of aromatic nitrogens is 1. The van der Waals surface area contributed by atoms with Gasteiger partial charge in [0.05, 0.1) is 11.3 Å². The van der Waals surface area contributed by atoms with Crippen molar-refractivity contribution in [3.63, 3.8) is 0 Å². The molecule has 0 saturated carbocycles. The second kappa shape index (κ2) is 6.78. The average Bonchev–Trinajstić information content (AvgIpc) is 2.34. The van der Waals surface area contributed by atoms with E-state index in [0.717, 1.165) is 4.90 Å². The van der Waals surface area contributed by atoms with Crippen LogP contribution in [0.1, 0.15) is 36.8 Å². The fourth-order valence-electron chi connectivity index (χ4n) is 1.90. The van der Waals surface area contributed by atoms with Crippen molar-refractivity contribution >= 4 is 11.6 Å². The number of anilines is 1. The van der Waals surface area contributed by atoms with Gasteiger partial charge in [-0.3, -0.25) is 9.78 Å². The van der Waals surface area contributed by atoms with Gasteiger partial charge in [0.15, 0.2) is 0 Å². The lowest BCUT2D eigenvalue weighted by Gasteiger charge is -2.28. The lowest BCUT2D eigenvalue weighted by Crippen LogP contribution is -2.43. The van der Waals surface area contributed by atoms with Crippen LogP contribution < -0.4 is 5.32 Å². The van der Waals surface area contributed by atoms with Gasteiger partial charge in [0.25, 0.3) is 5.91 Å². The molecule has 21 heavy (non-hydrogen) atoms. The van der Waals surface area contributed by atoms with Gasteiger partial charge < -0.3 is 10.2 Å². The highest BCUT2D eigenvalue weighted by molar-refractivity contribution is 5.99. The maximum Gasteiger partial charge on any atom is 0.406 e. The van der Waals surface area contributed by atoms with Gasteiger partial charge in [-0.2, -0.15) is 13.2 Å². The maximum absolute atomic E-state index is 12.6. The second-order valence-corrected chi connectivity index (χ2v) is 5.04. The third-order valence-corrected chi connectivity index (χ3v) is 2.87. The van der Waals surface area contributed by atoms with Gasteiger partial charge in [0, 0.05) is 24.5 Å². The van der Waals surface area contributed by atoms with E-state index in [0.29, 0.717) is 17.9 Å². The van der Waals surface area contributed by atoms with Crippen molar-refractivity contribution in [2.75, 3.05) is 18.4 Å². The Morgan fingerprint density at radius 3 is 2.52 bits per heavy atom. The van der Waals surface area contributed by atoms with Gasteiger partial charge in [0.2, 0.25) is 0 Å². The molecule has 0 atom stereocenters. The minimum atomic E-state index is -4.43. The van der Waals surface area contributed by atoms with Crippen LogP contribution in [0.3, 0.4) is 0 Å². The molecule has 7 heteroatoms. The zero-order chi connectivity index (χ0) is 16.2. The molecule has 0 aliphatic heterocycles. The third kappa shape index (κ3) is 4.91. The van der Waals surface area contributed by atoms with Crippen molar-refractivity contribution in [1.82, 2.24) is 9.88 Å². The van der Waals surface area contributed by atoms with Crippen LogP contribution in [0.4, 0.5) is 18.9 Å². The molecule has 0 bridgehead atoms. The Hall–Kier alpha value is -1.79. The lowest BCUT2D eigenvalue weighted by molar-refractivity contribution is -0.143. The first-order valence-electron chi connectivity index (χ1n) is 6.74. The zero-order valence-electron chi connectivity index (χ0n) is 12.6. The normalized spacial score (nSPS) is 11.6. The summed E-state index contributed by atoms with van der Waals surface area (Å²) in [6.45, 7) is 5.99. The Morgan fingerprint density at radius 1 is 1.43 bits per heavy atom. The SMILES string of the molecule is CCNc1cc(C)ncc1C(=O)N(CC(F)(F)F)C(C)C. The minimum Gasteiger partial charge on any atom is -0.385 e. The number of nitrogens with one attached hydrogen (secondary N) is 1. The monoisotopic (exact) mass is 303 g/mol. The highest BCUT2D eigenvalue weighted by Crippen LogP contribution is 2.23. The molecule has 1 aromatic heterocycles. The van der Waals surface area contributed by atoms with Crippen molar-refractivity contribution in [2.24, 2.45) is 0 Å².